The van der Waals surface area contributed by atoms with Crippen LogP contribution in [-0.4, -0.2) is 19.3 Å². The zero-order chi connectivity index (χ0) is 15.5. The first-order valence-corrected chi connectivity index (χ1v) is 8.48. The maximum atomic E-state index is 11.9. The highest BCUT2D eigenvalue weighted by Gasteiger charge is 2.13. The van der Waals surface area contributed by atoms with Crippen LogP contribution >= 0.6 is 22.3 Å². The molecule has 8 heteroatoms. The molecule has 21 heavy (non-hydrogen) atoms. The molecule has 1 aromatic carbocycles. The van der Waals surface area contributed by atoms with Crippen LogP contribution in [0.25, 0.3) is 0 Å². The van der Waals surface area contributed by atoms with Gasteiger partial charge in [0.1, 0.15) is 0 Å². The average Bonchev–Trinajstić information content (AvgIpc) is 2.45. The number of halogens is 2. The van der Waals surface area contributed by atoms with Gasteiger partial charge in [-0.3, -0.25) is 4.79 Å². The Morgan fingerprint density at radius 2 is 1.81 bits per heavy atom. The topological polar surface area (TPSA) is 76.1 Å². The number of nitrogens with one attached hydrogen (secondary N) is 1. The van der Waals surface area contributed by atoms with Crippen LogP contribution in [0.1, 0.15) is 15.9 Å². The second kappa shape index (κ2) is 6.43. The Hall–Kier alpha value is -1.63. The summed E-state index contributed by atoms with van der Waals surface area (Å²) < 4.78 is 22.1. The van der Waals surface area contributed by atoms with Gasteiger partial charge in [-0.05, 0) is 29.8 Å². The van der Waals surface area contributed by atoms with Gasteiger partial charge in [0.15, 0.2) is 5.03 Å². The van der Waals surface area contributed by atoms with Crippen molar-refractivity contribution in [2.75, 3.05) is 0 Å². The third kappa shape index (κ3) is 4.42. The third-order valence-corrected chi connectivity index (χ3v) is 4.08. The summed E-state index contributed by atoms with van der Waals surface area (Å²) >= 11 is 5.77. The van der Waals surface area contributed by atoms with Crippen molar-refractivity contribution in [2.24, 2.45) is 0 Å². The Bertz CT molecular complexity index is 744. The molecule has 2 aromatic rings. The summed E-state index contributed by atoms with van der Waals surface area (Å²) in [6.07, 6.45) is 1.16. The van der Waals surface area contributed by atoms with Crippen LogP contribution < -0.4 is 5.32 Å². The molecule has 0 saturated carbocycles. The largest absolute Gasteiger partial charge is 0.348 e. The lowest BCUT2D eigenvalue weighted by molar-refractivity contribution is 0.0950. The van der Waals surface area contributed by atoms with E-state index in [1.807, 2.05) is 0 Å². The summed E-state index contributed by atoms with van der Waals surface area (Å²) in [5.41, 5.74) is 1.13. The van der Waals surface area contributed by atoms with Gasteiger partial charge in [0.2, 0.25) is 0 Å². The van der Waals surface area contributed by atoms with E-state index in [0.29, 0.717) is 11.6 Å². The number of amides is 1. The minimum Gasteiger partial charge on any atom is -0.348 e. The number of nitrogens with zero attached hydrogens (tertiary/aromatic N) is 1. The molecule has 0 saturated heterocycles. The normalized spacial score (nSPS) is 11.1. The molecule has 5 nitrogen and oxygen atoms in total. The lowest BCUT2D eigenvalue weighted by atomic mass is 10.2. The van der Waals surface area contributed by atoms with Gasteiger partial charge in [0.25, 0.3) is 15.0 Å². The number of pyridine rings is 1. The first-order valence-electron chi connectivity index (χ1n) is 5.79. The SMILES string of the molecule is O=C(NCc1ccc(Cl)cc1)c1ccc(S(=O)(=O)Cl)nc1. The van der Waals surface area contributed by atoms with Crippen molar-refractivity contribution in [2.45, 2.75) is 11.6 Å². The minimum atomic E-state index is -3.89. The quantitative estimate of drug-likeness (QED) is 0.865. The highest BCUT2D eigenvalue weighted by molar-refractivity contribution is 8.13. The fraction of sp³-hybridized carbons (Fsp3) is 0.0769. The number of hydrogen-bond acceptors (Lipinski definition) is 4. The second-order valence-electron chi connectivity index (χ2n) is 4.13. The van der Waals surface area contributed by atoms with Crippen molar-refractivity contribution in [3.05, 3.63) is 58.7 Å². The van der Waals surface area contributed by atoms with E-state index in [4.69, 9.17) is 22.3 Å². The first-order chi connectivity index (χ1) is 9.86. The van der Waals surface area contributed by atoms with Crippen LogP contribution in [0, 0.1) is 0 Å². The summed E-state index contributed by atoms with van der Waals surface area (Å²) in [5, 5.41) is 3.01. The second-order valence-corrected chi connectivity index (χ2v) is 7.08. The predicted molar refractivity (Wildman–Crippen MR) is 79.9 cm³/mol. The summed E-state index contributed by atoms with van der Waals surface area (Å²) in [6, 6.07) is 9.57. The zero-order valence-electron chi connectivity index (χ0n) is 10.6. The molecule has 0 aliphatic heterocycles. The Morgan fingerprint density at radius 1 is 1.14 bits per heavy atom. The number of carbonyl (C=O) groups excluding carboxylic acids is 1. The van der Waals surface area contributed by atoms with Crippen molar-refractivity contribution >= 4 is 37.2 Å². The average molecular weight is 345 g/mol. The standard InChI is InChI=1S/C13H10Cl2N2O3S/c14-11-4-1-9(2-5-11)7-17-13(18)10-3-6-12(16-8-10)21(15,19)20/h1-6,8H,7H2,(H,17,18). The number of rotatable bonds is 4. The molecule has 0 aliphatic rings. The van der Waals surface area contributed by atoms with Crippen LogP contribution in [0.3, 0.4) is 0 Å². The van der Waals surface area contributed by atoms with E-state index in [2.05, 4.69) is 10.3 Å². The number of carbonyl (C=O) groups is 1. The molecule has 1 heterocycles. The van der Waals surface area contributed by atoms with E-state index in [1.165, 1.54) is 12.1 Å². The summed E-state index contributed by atoms with van der Waals surface area (Å²) in [7, 11) is 1.26. The van der Waals surface area contributed by atoms with Crippen molar-refractivity contribution in [3.63, 3.8) is 0 Å². The molecule has 0 atom stereocenters. The van der Waals surface area contributed by atoms with Crippen molar-refractivity contribution in [1.82, 2.24) is 10.3 Å². The van der Waals surface area contributed by atoms with Gasteiger partial charge in [0.05, 0.1) is 5.56 Å². The van der Waals surface area contributed by atoms with Gasteiger partial charge in [-0.2, -0.15) is 0 Å². The molecule has 1 N–H and O–H groups in total. The van der Waals surface area contributed by atoms with Gasteiger partial charge in [0, 0.05) is 28.4 Å². The lowest BCUT2D eigenvalue weighted by Gasteiger charge is -2.05. The summed E-state index contributed by atoms with van der Waals surface area (Å²) in [5.74, 6) is -0.365. The van der Waals surface area contributed by atoms with E-state index in [1.54, 1.807) is 24.3 Å². The highest BCUT2D eigenvalue weighted by atomic mass is 35.7. The van der Waals surface area contributed by atoms with Crippen molar-refractivity contribution < 1.29 is 13.2 Å². The van der Waals surface area contributed by atoms with Crippen LogP contribution in [-0.2, 0) is 15.6 Å². The molecule has 0 bridgehead atoms. The molecule has 110 valence electrons. The van der Waals surface area contributed by atoms with Gasteiger partial charge in [-0.25, -0.2) is 13.4 Å². The van der Waals surface area contributed by atoms with E-state index in [-0.39, 0.29) is 16.5 Å². The number of hydrogen-bond donors (Lipinski definition) is 1. The highest BCUT2D eigenvalue weighted by Crippen LogP contribution is 2.12. The van der Waals surface area contributed by atoms with E-state index < -0.39 is 9.05 Å². The molecule has 0 aliphatic carbocycles. The molecule has 0 fully saturated rings. The molecule has 2 rings (SSSR count). The zero-order valence-corrected chi connectivity index (χ0v) is 12.9. The number of aromatic nitrogens is 1. The minimum absolute atomic E-state index is 0.244. The molecule has 0 unspecified atom stereocenters. The molecule has 0 spiro atoms. The third-order valence-electron chi connectivity index (χ3n) is 2.61. The van der Waals surface area contributed by atoms with E-state index >= 15 is 0 Å². The molecule has 1 aromatic heterocycles. The number of benzene rings is 1. The molecular formula is C13H10Cl2N2O3S. The Morgan fingerprint density at radius 3 is 2.33 bits per heavy atom. The van der Waals surface area contributed by atoms with Crippen molar-refractivity contribution in [3.8, 4) is 0 Å². The van der Waals surface area contributed by atoms with Gasteiger partial charge in [-0.1, -0.05) is 23.7 Å². The van der Waals surface area contributed by atoms with Gasteiger partial charge >= 0.3 is 0 Å². The van der Waals surface area contributed by atoms with Crippen LogP contribution in [0.15, 0.2) is 47.6 Å². The summed E-state index contributed by atoms with van der Waals surface area (Å²) in [4.78, 5) is 15.5. The smallest absolute Gasteiger partial charge is 0.278 e. The van der Waals surface area contributed by atoms with Crippen LogP contribution in [0.4, 0.5) is 0 Å². The first kappa shape index (κ1) is 15.8. The molecule has 1 amide bonds. The monoisotopic (exact) mass is 344 g/mol. The van der Waals surface area contributed by atoms with Crippen molar-refractivity contribution in [1.29, 1.82) is 0 Å². The van der Waals surface area contributed by atoms with Crippen LogP contribution in [0.5, 0.6) is 0 Å². The van der Waals surface area contributed by atoms with Gasteiger partial charge in [-0.15, -0.1) is 0 Å². The Kier molecular flexibility index (Phi) is 4.82. The fourth-order valence-corrected chi connectivity index (χ4v) is 2.35. The maximum absolute atomic E-state index is 11.9. The maximum Gasteiger partial charge on any atom is 0.278 e. The predicted octanol–water partition coefficient (Wildman–Crippen LogP) is 2.59. The molecular weight excluding hydrogens is 335 g/mol. The van der Waals surface area contributed by atoms with Crippen LogP contribution in [0.2, 0.25) is 5.02 Å². The van der Waals surface area contributed by atoms with Gasteiger partial charge < -0.3 is 5.32 Å². The van der Waals surface area contributed by atoms with E-state index in [9.17, 15) is 13.2 Å². The fourth-order valence-electron chi connectivity index (χ4n) is 1.55. The Balaban J connectivity index is 2.02. The summed E-state index contributed by atoms with van der Waals surface area (Å²) in [6.45, 7) is 0.325. The lowest BCUT2D eigenvalue weighted by Crippen LogP contribution is -2.23. The van der Waals surface area contributed by atoms with E-state index in [0.717, 1.165) is 11.8 Å². The molecule has 0 radical (unpaired) electrons. The Labute approximate surface area is 131 Å².